The first kappa shape index (κ1) is 20.7. The van der Waals surface area contributed by atoms with Crippen molar-refractivity contribution < 1.29 is 24.2 Å². The van der Waals surface area contributed by atoms with E-state index < -0.39 is 18.1 Å². The summed E-state index contributed by atoms with van der Waals surface area (Å²) in [6.07, 6.45) is 3.81. The SMILES string of the molecule is C[C@H](Oc1ccccc1)C(=O)N[C@@H](CC(=O)O)c1ccc(OC2CCCC2)cc1. The lowest BCUT2D eigenvalue weighted by molar-refractivity contribution is -0.138. The number of hydrogen-bond donors (Lipinski definition) is 2. The number of amides is 1. The summed E-state index contributed by atoms with van der Waals surface area (Å²) in [4.78, 5) is 23.9. The molecule has 0 bridgehead atoms. The van der Waals surface area contributed by atoms with Crippen molar-refractivity contribution in [3.8, 4) is 11.5 Å². The number of para-hydroxylation sites is 1. The number of carboxylic acids is 1. The summed E-state index contributed by atoms with van der Waals surface area (Å²) in [7, 11) is 0. The van der Waals surface area contributed by atoms with Crippen molar-refractivity contribution in [1.29, 1.82) is 0 Å². The van der Waals surface area contributed by atoms with Crippen LogP contribution in [-0.4, -0.2) is 29.2 Å². The average molecular weight is 397 g/mol. The predicted octanol–water partition coefficient (Wildman–Crippen LogP) is 4.11. The fourth-order valence-corrected chi connectivity index (χ4v) is 3.45. The smallest absolute Gasteiger partial charge is 0.305 e. The van der Waals surface area contributed by atoms with Gasteiger partial charge in [-0.2, -0.15) is 0 Å². The van der Waals surface area contributed by atoms with Crippen LogP contribution in [0.2, 0.25) is 0 Å². The summed E-state index contributed by atoms with van der Waals surface area (Å²) < 4.78 is 11.6. The molecule has 0 spiro atoms. The van der Waals surface area contributed by atoms with E-state index in [9.17, 15) is 14.7 Å². The van der Waals surface area contributed by atoms with Crippen LogP contribution in [0.25, 0.3) is 0 Å². The molecule has 2 atom stereocenters. The minimum atomic E-state index is -0.988. The van der Waals surface area contributed by atoms with Crippen LogP contribution in [0.1, 0.15) is 50.6 Å². The Kier molecular flexibility index (Phi) is 7.11. The Morgan fingerprint density at radius 3 is 2.31 bits per heavy atom. The van der Waals surface area contributed by atoms with Crippen LogP contribution in [0.4, 0.5) is 0 Å². The van der Waals surface area contributed by atoms with Gasteiger partial charge in [-0.25, -0.2) is 0 Å². The number of ether oxygens (including phenoxy) is 2. The molecular formula is C23H27NO5. The molecule has 3 rings (SSSR count). The van der Waals surface area contributed by atoms with E-state index in [0.717, 1.165) is 18.6 Å². The summed E-state index contributed by atoms with van der Waals surface area (Å²) in [6, 6.07) is 15.7. The van der Waals surface area contributed by atoms with E-state index in [4.69, 9.17) is 9.47 Å². The second kappa shape index (κ2) is 9.96. The van der Waals surface area contributed by atoms with Crippen molar-refractivity contribution in [2.45, 2.75) is 57.3 Å². The molecule has 1 amide bonds. The largest absolute Gasteiger partial charge is 0.490 e. The van der Waals surface area contributed by atoms with Crippen LogP contribution in [-0.2, 0) is 9.59 Å². The molecule has 6 heteroatoms. The summed E-state index contributed by atoms with van der Waals surface area (Å²) in [6.45, 7) is 1.64. The van der Waals surface area contributed by atoms with Crippen molar-refractivity contribution in [2.75, 3.05) is 0 Å². The fraction of sp³-hybridized carbons (Fsp3) is 0.391. The minimum Gasteiger partial charge on any atom is -0.490 e. The van der Waals surface area contributed by atoms with Crippen molar-refractivity contribution in [3.63, 3.8) is 0 Å². The van der Waals surface area contributed by atoms with Gasteiger partial charge >= 0.3 is 5.97 Å². The zero-order chi connectivity index (χ0) is 20.6. The third-order valence-electron chi connectivity index (χ3n) is 5.01. The highest BCUT2D eigenvalue weighted by molar-refractivity contribution is 5.82. The summed E-state index contributed by atoms with van der Waals surface area (Å²) in [5.74, 6) is -0.00947. The number of carboxylic acid groups (broad SMARTS) is 1. The van der Waals surface area contributed by atoms with E-state index in [1.165, 1.54) is 12.8 Å². The maximum atomic E-state index is 12.6. The van der Waals surface area contributed by atoms with Gasteiger partial charge in [0.05, 0.1) is 18.6 Å². The maximum Gasteiger partial charge on any atom is 0.305 e. The van der Waals surface area contributed by atoms with Crippen LogP contribution in [0.5, 0.6) is 11.5 Å². The van der Waals surface area contributed by atoms with Gasteiger partial charge in [-0.1, -0.05) is 30.3 Å². The average Bonchev–Trinajstić information content (AvgIpc) is 3.21. The van der Waals surface area contributed by atoms with Crippen LogP contribution < -0.4 is 14.8 Å². The first-order valence-electron chi connectivity index (χ1n) is 10.0. The topological polar surface area (TPSA) is 84.9 Å². The third kappa shape index (κ3) is 6.24. The third-order valence-corrected chi connectivity index (χ3v) is 5.01. The summed E-state index contributed by atoms with van der Waals surface area (Å²) >= 11 is 0. The van der Waals surface area contributed by atoms with E-state index in [0.29, 0.717) is 11.3 Å². The molecule has 0 aromatic heterocycles. The fourth-order valence-electron chi connectivity index (χ4n) is 3.45. The van der Waals surface area contributed by atoms with Gasteiger partial charge in [-0.05, 0) is 62.4 Å². The molecule has 0 saturated heterocycles. The zero-order valence-corrected chi connectivity index (χ0v) is 16.5. The molecule has 6 nitrogen and oxygen atoms in total. The second-order valence-electron chi connectivity index (χ2n) is 7.33. The van der Waals surface area contributed by atoms with Gasteiger partial charge in [-0.3, -0.25) is 9.59 Å². The van der Waals surface area contributed by atoms with Gasteiger partial charge in [0.15, 0.2) is 6.10 Å². The molecule has 154 valence electrons. The zero-order valence-electron chi connectivity index (χ0n) is 16.5. The lowest BCUT2D eigenvalue weighted by atomic mass is 10.0. The summed E-state index contributed by atoms with van der Waals surface area (Å²) in [5.41, 5.74) is 0.714. The Hall–Kier alpha value is -3.02. The maximum absolute atomic E-state index is 12.6. The lowest BCUT2D eigenvalue weighted by Crippen LogP contribution is -2.39. The van der Waals surface area contributed by atoms with Gasteiger partial charge in [0.25, 0.3) is 5.91 Å². The molecular weight excluding hydrogens is 370 g/mol. The molecule has 1 fully saturated rings. The Bertz CT molecular complexity index is 800. The number of benzene rings is 2. The molecule has 1 saturated carbocycles. The molecule has 0 aliphatic heterocycles. The molecule has 1 aliphatic carbocycles. The predicted molar refractivity (Wildman–Crippen MR) is 109 cm³/mol. The Balaban J connectivity index is 1.63. The number of carbonyl (C=O) groups excluding carboxylic acids is 1. The normalized spacial score (nSPS) is 16.0. The van der Waals surface area contributed by atoms with Gasteiger partial charge in [0.2, 0.25) is 0 Å². The van der Waals surface area contributed by atoms with Crippen LogP contribution in [0.3, 0.4) is 0 Å². The van der Waals surface area contributed by atoms with Crippen LogP contribution >= 0.6 is 0 Å². The van der Waals surface area contributed by atoms with Gasteiger partial charge in [0, 0.05) is 0 Å². The van der Waals surface area contributed by atoms with Gasteiger partial charge in [-0.15, -0.1) is 0 Å². The van der Waals surface area contributed by atoms with Crippen molar-refractivity contribution >= 4 is 11.9 Å². The van der Waals surface area contributed by atoms with E-state index >= 15 is 0 Å². The van der Waals surface area contributed by atoms with Crippen molar-refractivity contribution in [1.82, 2.24) is 5.32 Å². The van der Waals surface area contributed by atoms with Gasteiger partial charge < -0.3 is 19.9 Å². The Morgan fingerprint density at radius 2 is 1.69 bits per heavy atom. The molecule has 2 N–H and O–H groups in total. The number of aliphatic carboxylic acids is 1. The molecule has 2 aromatic rings. The first-order chi connectivity index (χ1) is 14.0. The monoisotopic (exact) mass is 397 g/mol. The molecule has 29 heavy (non-hydrogen) atoms. The van der Waals surface area contributed by atoms with Crippen LogP contribution in [0, 0.1) is 0 Å². The first-order valence-corrected chi connectivity index (χ1v) is 10.0. The molecule has 0 heterocycles. The van der Waals surface area contributed by atoms with Crippen molar-refractivity contribution in [3.05, 3.63) is 60.2 Å². The Labute approximate surface area is 170 Å². The van der Waals surface area contributed by atoms with E-state index in [2.05, 4.69) is 5.32 Å². The molecule has 1 aliphatic rings. The second-order valence-corrected chi connectivity index (χ2v) is 7.33. The highest BCUT2D eigenvalue weighted by Gasteiger charge is 2.23. The van der Waals surface area contributed by atoms with Crippen LogP contribution in [0.15, 0.2) is 54.6 Å². The van der Waals surface area contributed by atoms with E-state index in [1.807, 2.05) is 30.3 Å². The molecule has 0 radical (unpaired) electrons. The number of hydrogen-bond acceptors (Lipinski definition) is 4. The van der Waals surface area contributed by atoms with Crippen molar-refractivity contribution in [2.24, 2.45) is 0 Å². The van der Waals surface area contributed by atoms with Gasteiger partial charge in [0.1, 0.15) is 11.5 Å². The van der Waals surface area contributed by atoms with E-state index in [-0.39, 0.29) is 18.4 Å². The Morgan fingerprint density at radius 1 is 1.03 bits per heavy atom. The quantitative estimate of drug-likeness (QED) is 0.665. The number of rotatable bonds is 9. The lowest BCUT2D eigenvalue weighted by Gasteiger charge is -2.21. The number of nitrogens with one attached hydrogen (secondary N) is 1. The molecule has 2 aromatic carbocycles. The number of carbonyl (C=O) groups is 2. The molecule has 0 unspecified atom stereocenters. The highest BCUT2D eigenvalue weighted by Crippen LogP contribution is 2.26. The summed E-state index contributed by atoms with van der Waals surface area (Å²) in [5, 5.41) is 12.1. The standard InChI is InChI=1S/C23H27NO5/c1-16(28-18-7-3-2-4-8-18)23(27)24-21(15-22(25)26)17-11-13-20(14-12-17)29-19-9-5-6-10-19/h2-4,7-8,11-14,16,19,21H,5-6,9-10,15H2,1H3,(H,24,27)(H,25,26)/t16-,21-/m0/s1. The highest BCUT2D eigenvalue weighted by atomic mass is 16.5. The van der Waals surface area contributed by atoms with E-state index in [1.54, 1.807) is 31.2 Å². The minimum absolute atomic E-state index is 0.216.